The summed E-state index contributed by atoms with van der Waals surface area (Å²) in [6.45, 7) is 1.13. The van der Waals surface area contributed by atoms with Crippen LogP contribution in [0.2, 0.25) is 0 Å². The SMILES string of the molecule is CN(C(=O)c1cncnc1)[C@@H]1CNC[C@H]1O. The van der Waals surface area contributed by atoms with Crippen molar-refractivity contribution in [2.75, 3.05) is 20.1 Å². The first-order valence-electron chi connectivity index (χ1n) is 5.11. The summed E-state index contributed by atoms with van der Waals surface area (Å²) in [4.78, 5) is 21.1. The molecule has 6 nitrogen and oxygen atoms in total. The van der Waals surface area contributed by atoms with Gasteiger partial charge < -0.3 is 15.3 Å². The highest BCUT2D eigenvalue weighted by Crippen LogP contribution is 2.10. The van der Waals surface area contributed by atoms with Crippen molar-refractivity contribution in [1.29, 1.82) is 0 Å². The van der Waals surface area contributed by atoms with Crippen LogP contribution in [-0.2, 0) is 0 Å². The van der Waals surface area contributed by atoms with Gasteiger partial charge >= 0.3 is 0 Å². The lowest BCUT2D eigenvalue weighted by Gasteiger charge is -2.26. The molecule has 1 aliphatic rings. The van der Waals surface area contributed by atoms with Crippen LogP contribution in [0.3, 0.4) is 0 Å². The third kappa shape index (κ3) is 2.02. The van der Waals surface area contributed by atoms with E-state index in [-0.39, 0.29) is 11.9 Å². The molecule has 2 atom stereocenters. The molecule has 0 radical (unpaired) electrons. The number of amides is 1. The highest BCUT2D eigenvalue weighted by atomic mass is 16.3. The molecule has 0 aromatic carbocycles. The van der Waals surface area contributed by atoms with Crippen molar-refractivity contribution >= 4 is 5.91 Å². The van der Waals surface area contributed by atoms with Crippen molar-refractivity contribution in [1.82, 2.24) is 20.2 Å². The van der Waals surface area contributed by atoms with Crippen molar-refractivity contribution in [3.05, 3.63) is 24.3 Å². The maximum atomic E-state index is 12.0. The lowest BCUT2D eigenvalue weighted by atomic mass is 10.1. The molecule has 1 saturated heterocycles. The molecule has 1 aliphatic heterocycles. The molecule has 0 bridgehead atoms. The fraction of sp³-hybridized carbons (Fsp3) is 0.500. The maximum Gasteiger partial charge on any atom is 0.257 e. The minimum Gasteiger partial charge on any atom is -0.390 e. The second kappa shape index (κ2) is 4.54. The van der Waals surface area contributed by atoms with Gasteiger partial charge in [-0.05, 0) is 0 Å². The van der Waals surface area contributed by atoms with E-state index < -0.39 is 6.10 Å². The van der Waals surface area contributed by atoms with E-state index in [1.807, 2.05) is 0 Å². The number of rotatable bonds is 2. The minimum absolute atomic E-state index is 0.173. The van der Waals surface area contributed by atoms with Crippen molar-refractivity contribution < 1.29 is 9.90 Å². The first-order valence-corrected chi connectivity index (χ1v) is 5.11. The summed E-state index contributed by atoms with van der Waals surface area (Å²) in [7, 11) is 1.68. The number of nitrogens with one attached hydrogen (secondary N) is 1. The summed E-state index contributed by atoms with van der Waals surface area (Å²) in [5, 5.41) is 12.7. The quantitative estimate of drug-likeness (QED) is 0.663. The van der Waals surface area contributed by atoms with Gasteiger partial charge in [0.15, 0.2) is 0 Å². The summed E-state index contributed by atoms with van der Waals surface area (Å²) >= 11 is 0. The van der Waals surface area contributed by atoms with Gasteiger partial charge in [0.1, 0.15) is 6.33 Å². The summed E-state index contributed by atoms with van der Waals surface area (Å²) < 4.78 is 0. The Morgan fingerprint density at radius 2 is 2.19 bits per heavy atom. The molecule has 0 saturated carbocycles. The second-order valence-electron chi connectivity index (χ2n) is 3.84. The standard InChI is InChI=1S/C10H14N4O2/c1-14(8-4-11-5-9(8)15)10(16)7-2-12-6-13-3-7/h2-3,6,8-9,11,15H,4-5H2,1H3/t8-,9-/m1/s1. The van der Waals surface area contributed by atoms with Gasteiger partial charge in [0.2, 0.25) is 0 Å². The molecular weight excluding hydrogens is 208 g/mol. The fourth-order valence-corrected chi connectivity index (χ4v) is 1.81. The van der Waals surface area contributed by atoms with Gasteiger partial charge in [-0.25, -0.2) is 9.97 Å². The molecule has 2 N–H and O–H groups in total. The van der Waals surface area contributed by atoms with Crippen molar-refractivity contribution in [3.8, 4) is 0 Å². The molecule has 2 heterocycles. The first kappa shape index (κ1) is 11.0. The van der Waals surface area contributed by atoms with Gasteiger partial charge in [-0.2, -0.15) is 0 Å². The number of hydrogen-bond acceptors (Lipinski definition) is 5. The summed E-state index contributed by atoms with van der Waals surface area (Å²) in [6, 6.07) is -0.187. The van der Waals surface area contributed by atoms with Gasteiger partial charge in [0, 0.05) is 32.5 Å². The third-order valence-corrected chi connectivity index (χ3v) is 2.78. The monoisotopic (exact) mass is 222 g/mol. The average molecular weight is 222 g/mol. The number of nitrogens with zero attached hydrogens (tertiary/aromatic N) is 3. The Morgan fingerprint density at radius 3 is 2.75 bits per heavy atom. The fourth-order valence-electron chi connectivity index (χ4n) is 1.81. The normalized spacial score (nSPS) is 24.4. The molecule has 16 heavy (non-hydrogen) atoms. The minimum atomic E-state index is -0.515. The van der Waals surface area contributed by atoms with E-state index in [1.54, 1.807) is 7.05 Å². The van der Waals surface area contributed by atoms with Crippen molar-refractivity contribution in [2.24, 2.45) is 0 Å². The molecule has 2 rings (SSSR count). The number of β-amino-alcohol motifs (C(OH)–C–C–N with tert-alkyl or cyclic N) is 1. The van der Waals surface area contributed by atoms with Crippen LogP contribution in [-0.4, -0.2) is 58.2 Å². The van der Waals surface area contributed by atoms with E-state index in [4.69, 9.17) is 0 Å². The van der Waals surface area contributed by atoms with Crippen LogP contribution in [0.25, 0.3) is 0 Å². The van der Waals surface area contributed by atoms with Crippen LogP contribution in [0.1, 0.15) is 10.4 Å². The predicted octanol–water partition coefficient (Wildman–Crippen LogP) is -1.12. The molecule has 1 aromatic rings. The lowest BCUT2D eigenvalue weighted by molar-refractivity contribution is 0.0580. The molecular formula is C10H14N4O2. The van der Waals surface area contributed by atoms with Crippen LogP contribution in [0.5, 0.6) is 0 Å². The van der Waals surface area contributed by atoms with Crippen LogP contribution in [0, 0.1) is 0 Å². The summed E-state index contributed by atoms with van der Waals surface area (Å²) in [6.07, 6.45) is 3.81. The second-order valence-corrected chi connectivity index (χ2v) is 3.84. The van der Waals surface area contributed by atoms with Crippen LogP contribution >= 0.6 is 0 Å². The van der Waals surface area contributed by atoms with E-state index in [2.05, 4.69) is 15.3 Å². The van der Waals surface area contributed by atoms with Gasteiger partial charge in [0.05, 0.1) is 17.7 Å². The van der Waals surface area contributed by atoms with Gasteiger partial charge in [-0.15, -0.1) is 0 Å². The molecule has 1 fully saturated rings. The van der Waals surface area contributed by atoms with E-state index in [9.17, 15) is 9.90 Å². The largest absolute Gasteiger partial charge is 0.390 e. The lowest BCUT2D eigenvalue weighted by Crippen LogP contribution is -2.44. The Bertz CT molecular complexity index is 370. The molecule has 1 aromatic heterocycles. The van der Waals surface area contributed by atoms with Gasteiger partial charge in [-0.1, -0.05) is 0 Å². The Balaban J connectivity index is 2.10. The summed E-state index contributed by atoms with van der Waals surface area (Å²) in [5.41, 5.74) is 0.434. The van der Waals surface area contributed by atoms with Gasteiger partial charge in [-0.3, -0.25) is 4.79 Å². The molecule has 0 aliphatic carbocycles. The summed E-state index contributed by atoms with van der Waals surface area (Å²) in [5.74, 6) is -0.173. The van der Waals surface area contributed by atoms with Crippen LogP contribution < -0.4 is 5.32 Å². The van der Waals surface area contributed by atoms with Crippen molar-refractivity contribution in [2.45, 2.75) is 12.1 Å². The number of hydrogen-bond donors (Lipinski definition) is 2. The Morgan fingerprint density at radius 1 is 1.50 bits per heavy atom. The molecule has 86 valence electrons. The van der Waals surface area contributed by atoms with E-state index >= 15 is 0 Å². The number of aliphatic hydroxyl groups is 1. The highest BCUT2D eigenvalue weighted by Gasteiger charge is 2.31. The zero-order valence-corrected chi connectivity index (χ0v) is 9.00. The van der Waals surface area contributed by atoms with E-state index in [1.165, 1.54) is 23.6 Å². The van der Waals surface area contributed by atoms with E-state index in [0.717, 1.165) is 0 Å². The van der Waals surface area contributed by atoms with E-state index in [0.29, 0.717) is 18.7 Å². The van der Waals surface area contributed by atoms with Crippen LogP contribution in [0.4, 0.5) is 0 Å². The maximum absolute atomic E-state index is 12.0. The highest BCUT2D eigenvalue weighted by molar-refractivity contribution is 5.93. The topological polar surface area (TPSA) is 78.4 Å². The Hall–Kier alpha value is -1.53. The average Bonchev–Trinajstić information content (AvgIpc) is 2.75. The smallest absolute Gasteiger partial charge is 0.257 e. The number of carbonyl (C=O) groups is 1. The van der Waals surface area contributed by atoms with Crippen LogP contribution in [0.15, 0.2) is 18.7 Å². The number of carbonyl (C=O) groups excluding carboxylic acids is 1. The number of aliphatic hydroxyl groups excluding tert-OH is 1. The zero-order chi connectivity index (χ0) is 11.5. The predicted molar refractivity (Wildman–Crippen MR) is 56.8 cm³/mol. The zero-order valence-electron chi connectivity index (χ0n) is 9.00. The molecule has 6 heteroatoms. The number of likely N-dealkylation sites (N-methyl/N-ethyl adjacent to an activating group) is 1. The molecule has 0 spiro atoms. The first-order chi connectivity index (χ1) is 7.70. The van der Waals surface area contributed by atoms with Gasteiger partial charge in [0.25, 0.3) is 5.91 Å². The third-order valence-electron chi connectivity index (χ3n) is 2.78. The molecule has 0 unspecified atom stereocenters. The molecule has 1 amide bonds. The Labute approximate surface area is 93.3 Å². The number of aromatic nitrogens is 2. The Kier molecular flexibility index (Phi) is 3.12. The van der Waals surface area contributed by atoms with Crippen molar-refractivity contribution in [3.63, 3.8) is 0 Å².